The molecule has 0 radical (unpaired) electrons. The average molecular weight is 294 g/mol. The first-order chi connectivity index (χ1) is 10.00. The second-order valence-corrected chi connectivity index (χ2v) is 5.54. The molecule has 0 spiro atoms. The normalized spacial score (nSPS) is 18.5. The molecule has 0 saturated carbocycles. The summed E-state index contributed by atoms with van der Waals surface area (Å²) >= 11 is 0. The van der Waals surface area contributed by atoms with Crippen LogP contribution in [0.1, 0.15) is 20.3 Å². The maximum Gasteiger partial charge on any atom is 0.254 e. The van der Waals surface area contributed by atoms with Gasteiger partial charge >= 0.3 is 0 Å². The molecule has 2 rings (SSSR count). The quantitative estimate of drug-likeness (QED) is 0.854. The fourth-order valence-corrected chi connectivity index (χ4v) is 2.54. The molecule has 0 aromatic heterocycles. The van der Waals surface area contributed by atoms with Gasteiger partial charge in [0, 0.05) is 39.0 Å². The number of piperazine rings is 1. The maximum atomic E-state index is 12.9. The molecule has 4 nitrogen and oxygen atoms in total. The first kappa shape index (κ1) is 15.8. The summed E-state index contributed by atoms with van der Waals surface area (Å²) in [6, 6.07) is 6.48. The van der Waals surface area contributed by atoms with Crippen LogP contribution >= 0.6 is 0 Å². The molecule has 1 heterocycles. The highest BCUT2D eigenvalue weighted by Crippen LogP contribution is 2.21. The first-order valence-electron chi connectivity index (χ1n) is 7.35. The average Bonchev–Trinajstić information content (AvgIpc) is 2.54. The fourth-order valence-electron chi connectivity index (χ4n) is 2.54. The van der Waals surface area contributed by atoms with Gasteiger partial charge in [-0.3, -0.25) is 4.79 Å². The number of hydrogen-bond donors (Lipinski definition) is 0. The van der Waals surface area contributed by atoms with Crippen LogP contribution in [0.2, 0.25) is 0 Å². The molecule has 1 amide bonds. The standard InChI is InChI=1S/C16H23FN2O2/c1-4-16(2,21-3)15(20)19-11-9-18(10-12-19)14-7-5-13(17)6-8-14/h5-8H,4,9-12H2,1-3H3. The van der Waals surface area contributed by atoms with Crippen molar-refractivity contribution in [3.8, 4) is 0 Å². The number of rotatable bonds is 4. The number of methoxy groups -OCH3 is 1. The third-order valence-corrected chi connectivity index (χ3v) is 4.34. The largest absolute Gasteiger partial charge is 0.369 e. The Labute approximate surface area is 125 Å². The van der Waals surface area contributed by atoms with Gasteiger partial charge < -0.3 is 14.5 Å². The van der Waals surface area contributed by atoms with Gasteiger partial charge in [0.15, 0.2) is 0 Å². The Morgan fingerprint density at radius 2 is 1.81 bits per heavy atom. The third-order valence-electron chi connectivity index (χ3n) is 4.34. The van der Waals surface area contributed by atoms with E-state index in [1.165, 1.54) is 12.1 Å². The predicted molar refractivity (Wildman–Crippen MR) is 80.9 cm³/mol. The van der Waals surface area contributed by atoms with Crippen LogP contribution in [0.3, 0.4) is 0 Å². The Morgan fingerprint density at radius 1 is 1.24 bits per heavy atom. The first-order valence-corrected chi connectivity index (χ1v) is 7.35. The SMILES string of the molecule is CCC(C)(OC)C(=O)N1CCN(c2ccc(F)cc2)CC1. The van der Waals surface area contributed by atoms with E-state index in [0.717, 1.165) is 18.8 Å². The van der Waals surface area contributed by atoms with Gasteiger partial charge in [-0.1, -0.05) is 6.92 Å². The topological polar surface area (TPSA) is 32.8 Å². The predicted octanol–water partition coefficient (Wildman–Crippen LogP) is 2.29. The number of amides is 1. The number of ether oxygens (including phenoxy) is 1. The summed E-state index contributed by atoms with van der Waals surface area (Å²) in [5, 5.41) is 0. The molecule has 1 unspecified atom stereocenters. The minimum atomic E-state index is -0.738. The van der Waals surface area contributed by atoms with Crippen molar-refractivity contribution >= 4 is 11.6 Å². The smallest absolute Gasteiger partial charge is 0.254 e. The van der Waals surface area contributed by atoms with Crippen molar-refractivity contribution in [2.24, 2.45) is 0 Å². The molecular formula is C16H23FN2O2. The van der Waals surface area contributed by atoms with Crippen molar-refractivity contribution < 1.29 is 13.9 Å². The minimum Gasteiger partial charge on any atom is -0.369 e. The number of anilines is 1. The Kier molecular flexibility index (Phi) is 4.83. The third kappa shape index (κ3) is 3.35. The van der Waals surface area contributed by atoms with Gasteiger partial charge in [-0.25, -0.2) is 4.39 Å². The lowest BCUT2D eigenvalue weighted by Gasteiger charge is -2.39. The van der Waals surface area contributed by atoms with Crippen LogP contribution in [0.15, 0.2) is 24.3 Å². The molecule has 5 heteroatoms. The number of carbonyl (C=O) groups is 1. The summed E-state index contributed by atoms with van der Waals surface area (Å²) in [7, 11) is 1.58. The van der Waals surface area contributed by atoms with Crippen LogP contribution in [0.4, 0.5) is 10.1 Å². The van der Waals surface area contributed by atoms with Crippen molar-refractivity contribution in [2.45, 2.75) is 25.9 Å². The minimum absolute atomic E-state index is 0.0475. The summed E-state index contributed by atoms with van der Waals surface area (Å²) < 4.78 is 18.3. The number of nitrogens with zero attached hydrogens (tertiary/aromatic N) is 2. The highest BCUT2D eigenvalue weighted by Gasteiger charge is 2.36. The zero-order valence-electron chi connectivity index (χ0n) is 12.9. The summed E-state index contributed by atoms with van der Waals surface area (Å²) in [4.78, 5) is 16.5. The Morgan fingerprint density at radius 3 is 2.29 bits per heavy atom. The second-order valence-electron chi connectivity index (χ2n) is 5.54. The van der Waals surface area contributed by atoms with Gasteiger partial charge in [-0.05, 0) is 37.6 Å². The zero-order chi connectivity index (χ0) is 15.5. The summed E-state index contributed by atoms with van der Waals surface area (Å²) in [5.41, 5.74) is 0.256. The lowest BCUT2D eigenvalue weighted by molar-refractivity contribution is -0.153. The Bertz CT molecular complexity index is 478. The van der Waals surface area contributed by atoms with Crippen molar-refractivity contribution in [2.75, 3.05) is 38.2 Å². The van der Waals surface area contributed by atoms with Crippen molar-refractivity contribution in [3.05, 3.63) is 30.1 Å². The molecule has 0 aliphatic carbocycles. The van der Waals surface area contributed by atoms with Crippen LogP contribution in [-0.4, -0.2) is 49.7 Å². The Hall–Kier alpha value is -1.62. The van der Waals surface area contributed by atoms with E-state index < -0.39 is 5.60 Å². The van der Waals surface area contributed by atoms with Crippen molar-refractivity contribution in [3.63, 3.8) is 0 Å². The molecular weight excluding hydrogens is 271 g/mol. The molecule has 0 bridgehead atoms. The van der Waals surface area contributed by atoms with Crippen molar-refractivity contribution in [1.29, 1.82) is 0 Å². The van der Waals surface area contributed by atoms with Crippen LogP contribution in [0.25, 0.3) is 0 Å². The van der Waals surface area contributed by atoms with Gasteiger partial charge in [0.05, 0.1) is 0 Å². The molecule has 1 atom stereocenters. The molecule has 1 aliphatic heterocycles. The van der Waals surface area contributed by atoms with E-state index in [2.05, 4.69) is 4.90 Å². The molecule has 1 fully saturated rings. The number of hydrogen-bond acceptors (Lipinski definition) is 3. The molecule has 1 aliphatic rings. The fraction of sp³-hybridized carbons (Fsp3) is 0.562. The Balaban J connectivity index is 1.97. The van der Waals surface area contributed by atoms with Crippen molar-refractivity contribution in [1.82, 2.24) is 4.90 Å². The number of halogens is 1. The van der Waals surface area contributed by atoms with Gasteiger partial charge in [0.1, 0.15) is 11.4 Å². The lowest BCUT2D eigenvalue weighted by Crippen LogP contribution is -2.55. The maximum absolute atomic E-state index is 12.9. The summed E-state index contributed by atoms with van der Waals surface area (Å²) in [6.07, 6.45) is 0.653. The highest BCUT2D eigenvalue weighted by molar-refractivity contribution is 5.85. The number of carbonyl (C=O) groups excluding carboxylic acids is 1. The van der Waals surface area contributed by atoms with Gasteiger partial charge in [-0.15, -0.1) is 0 Å². The molecule has 0 N–H and O–H groups in total. The highest BCUT2D eigenvalue weighted by atomic mass is 19.1. The van der Waals surface area contributed by atoms with E-state index in [4.69, 9.17) is 4.74 Å². The molecule has 1 aromatic rings. The van der Waals surface area contributed by atoms with Crippen LogP contribution < -0.4 is 4.90 Å². The second kappa shape index (κ2) is 6.43. The molecule has 21 heavy (non-hydrogen) atoms. The summed E-state index contributed by atoms with van der Waals surface area (Å²) in [6.45, 7) is 6.62. The monoisotopic (exact) mass is 294 g/mol. The van der Waals surface area contributed by atoms with Gasteiger partial charge in [0.25, 0.3) is 5.91 Å². The van der Waals surface area contributed by atoms with Crippen LogP contribution in [-0.2, 0) is 9.53 Å². The lowest BCUT2D eigenvalue weighted by atomic mass is 10.0. The summed E-state index contributed by atoms with van der Waals surface area (Å²) in [5.74, 6) is -0.183. The number of benzene rings is 1. The van der Waals surface area contributed by atoms with Gasteiger partial charge in [-0.2, -0.15) is 0 Å². The molecule has 116 valence electrons. The zero-order valence-corrected chi connectivity index (χ0v) is 12.9. The van der Waals surface area contributed by atoms with E-state index in [1.807, 2.05) is 18.7 Å². The van der Waals surface area contributed by atoms with E-state index >= 15 is 0 Å². The van der Waals surface area contributed by atoms with Crippen LogP contribution in [0, 0.1) is 5.82 Å². The van der Waals surface area contributed by atoms with Crippen LogP contribution in [0.5, 0.6) is 0 Å². The van der Waals surface area contributed by atoms with E-state index in [0.29, 0.717) is 19.5 Å². The molecule has 1 aromatic carbocycles. The van der Waals surface area contributed by atoms with E-state index in [1.54, 1.807) is 19.2 Å². The molecule has 1 saturated heterocycles. The van der Waals surface area contributed by atoms with E-state index in [-0.39, 0.29) is 11.7 Å². The van der Waals surface area contributed by atoms with E-state index in [9.17, 15) is 9.18 Å². The van der Waals surface area contributed by atoms with Gasteiger partial charge in [0.2, 0.25) is 0 Å².